The van der Waals surface area contributed by atoms with Crippen molar-refractivity contribution < 1.29 is 40.7 Å². The molecule has 41 heavy (non-hydrogen) atoms. The second-order valence-corrected chi connectivity index (χ2v) is 11.4. The first-order chi connectivity index (χ1) is 19.2. The van der Waals surface area contributed by atoms with Crippen LogP contribution < -0.4 is 21.5 Å². The van der Waals surface area contributed by atoms with Crippen LogP contribution in [0.1, 0.15) is 57.9 Å². The number of hydrazine groups is 1. The molecule has 1 aromatic carbocycles. The molecule has 1 aromatic rings. The summed E-state index contributed by atoms with van der Waals surface area (Å²) in [6, 6.07) is 4.75. The molecule has 4 bridgehead atoms. The maximum atomic E-state index is 14.9. The van der Waals surface area contributed by atoms with Crippen LogP contribution in [-0.2, 0) is 16.1 Å². The molecule has 0 aromatic heterocycles. The smallest absolute Gasteiger partial charge is 0.357 e. The number of fused-ring (bicyclic) bond motifs is 5. The molecule has 9 nitrogen and oxygen atoms in total. The summed E-state index contributed by atoms with van der Waals surface area (Å²) in [7, 11) is 0. The van der Waals surface area contributed by atoms with Crippen molar-refractivity contribution in [1.29, 1.82) is 0 Å². The minimum Gasteiger partial charge on any atom is -0.357 e. The van der Waals surface area contributed by atoms with Crippen molar-refractivity contribution in [3.8, 4) is 0 Å². The van der Waals surface area contributed by atoms with E-state index in [9.17, 15) is 36.5 Å². The molecule has 0 spiro atoms. The van der Waals surface area contributed by atoms with Gasteiger partial charge in [0.1, 0.15) is 12.3 Å². The van der Waals surface area contributed by atoms with Crippen LogP contribution in [0.5, 0.6) is 0 Å². The quantitative estimate of drug-likeness (QED) is 0.225. The van der Waals surface area contributed by atoms with E-state index in [-0.39, 0.29) is 18.9 Å². The molecule has 15 heteroatoms. The van der Waals surface area contributed by atoms with Crippen LogP contribution >= 0.6 is 0 Å². The molecule has 4 N–H and O–H groups in total. The Morgan fingerprint density at radius 1 is 1.07 bits per heavy atom. The molecular weight excluding hydrogens is 560 g/mol. The van der Waals surface area contributed by atoms with E-state index in [1.165, 1.54) is 0 Å². The number of nitrogens with zero attached hydrogens (tertiary/aromatic N) is 1. The Balaban J connectivity index is 1.70. The first-order valence-electron chi connectivity index (χ1n) is 13.9. The summed E-state index contributed by atoms with van der Waals surface area (Å²) in [6.07, 6.45) is -14.3. The fraction of sp³-hybridized carbons (Fsp3) is 0.769. The van der Waals surface area contributed by atoms with Crippen molar-refractivity contribution in [2.45, 2.75) is 114 Å². The molecule has 0 amide bonds. The van der Waals surface area contributed by atoms with Gasteiger partial charge >= 0.3 is 12.4 Å². The van der Waals surface area contributed by atoms with Crippen molar-refractivity contribution >= 4 is 0 Å². The highest BCUT2D eigenvalue weighted by Crippen LogP contribution is 2.44. The van der Waals surface area contributed by atoms with Crippen molar-refractivity contribution in [3.05, 3.63) is 46.0 Å². The van der Waals surface area contributed by atoms with E-state index < -0.39 is 78.4 Å². The van der Waals surface area contributed by atoms with Gasteiger partial charge in [0.25, 0.3) is 0 Å². The fourth-order valence-corrected chi connectivity index (χ4v) is 5.95. The lowest BCUT2D eigenvalue weighted by Gasteiger charge is -2.44. The van der Waals surface area contributed by atoms with Crippen LogP contribution in [-0.4, -0.2) is 59.6 Å². The normalized spacial score (nSPS) is 35.7. The van der Waals surface area contributed by atoms with Crippen LogP contribution in [0, 0.1) is 22.0 Å². The van der Waals surface area contributed by atoms with E-state index in [1.807, 2.05) is 13.8 Å². The van der Waals surface area contributed by atoms with E-state index >= 15 is 0 Å². The summed E-state index contributed by atoms with van der Waals surface area (Å²) >= 11 is 0. The fourth-order valence-electron chi connectivity index (χ4n) is 5.95. The minimum absolute atomic E-state index is 0.0966. The number of hydrogen-bond donors (Lipinski definition) is 4. The molecule has 232 valence electrons. The van der Waals surface area contributed by atoms with Crippen molar-refractivity contribution in [2.24, 2.45) is 11.8 Å². The third kappa shape index (κ3) is 7.13. The summed E-state index contributed by atoms with van der Waals surface area (Å²) in [6.45, 7) is 3.30. The van der Waals surface area contributed by atoms with Crippen LogP contribution in [0.4, 0.5) is 26.3 Å². The molecule has 3 fully saturated rings. The van der Waals surface area contributed by atoms with Crippen molar-refractivity contribution in [3.63, 3.8) is 0 Å². The van der Waals surface area contributed by atoms with Gasteiger partial charge in [0.2, 0.25) is 11.6 Å². The summed E-state index contributed by atoms with van der Waals surface area (Å²) < 4.78 is 98.5. The Labute approximate surface area is 234 Å². The molecule has 0 aliphatic carbocycles. The maximum Gasteiger partial charge on any atom is 0.421 e. The van der Waals surface area contributed by atoms with Gasteiger partial charge in [-0.1, -0.05) is 63.4 Å². The van der Waals surface area contributed by atoms with Gasteiger partial charge in [-0.3, -0.25) is 20.7 Å². The summed E-state index contributed by atoms with van der Waals surface area (Å²) in [5.41, 5.74) is 2.69. The molecule has 3 aliphatic rings. The number of ether oxygens (including phenoxy) is 2. The summed E-state index contributed by atoms with van der Waals surface area (Å²) in [4.78, 5) is 11.1. The standard InChI is InChI=1S/C26H37F6N5O4/c1-15(2)18-11-7-4-8-12-24(26(30,31)32,40-14-16-9-5-3-6-10-16)23-36-35-22(41-23)20-19(37(38)39)13-17(25(27,28)29)21(33-18)34-20/h3,5-6,9-10,15,17-23,33-36H,4,7-8,11-14H2,1-2H3/t17?,18?,19?,20?,21?,22?,23?,24-/m1/s1. The maximum absolute atomic E-state index is 14.9. The first-order valence-corrected chi connectivity index (χ1v) is 13.9. The highest BCUT2D eigenvalue weighted by molar-refractivity contribution is 5.14. The Morgan fingerprint density at radius 3 is 2.39 bits per heavy atom. The molecule has 7 unspecified atom stereocenters. The minimum atomic E-state index is -4.92. The molecule has 3 heterocycles. The Bertz CT molecular complexity index is 1020. The predicted octanol–water partition coefficient (Wildman–Crippen LogP) is 4.37. The zero-order valence-corrected chi connectivity index (χ0v) is 22.8. The second kappa shape index (κ2) is 12.7. The number of alkyl halides is 6. The first kappa shape index (κ1) is 31.9. The second-order valence-electron chi connectivity index (χ2n) is 11.4. The van der Waals surface area contributed by atoms with E-state index in [0.29, 0.717) is 24.8 Å². The average molecular weight is 598 g/mol. The van der Waals surface area contributed by atoms with Gasteiger partial charge in [0, 0.05) is 17.4 Å². The van der Waals surface area contributed by atoms with E-state index in [1.54, 1.807) is 30.3 Å². The van der Waals surface area contributed by atoms with Gasteiger partial charge in [-0.15, -0.1) is 0 Å². The predicted molar refractivity (Wildman–Crippen MR) is 135 cm³/mol. The third-order valence-corrected chi connectivity index (χ3v) is 8.35. The van der Waals surface area contributed by atoms with Gasteiger partial charge in [-0.2, -0.15) is 26.3 Å². The lowest BCUT2D eigenvalue weighted by Crippen LogP contribution is -2.70. The van der Waals surface area contributed by atoms with Crippen LogP contribution in [0.15, 0.2) is 30.3 Å². The van der Waals surface area contributed by atoms with E-state index in [0.717, 1.165) is 0 Å². The number of halogens is 6. The molecule has 3 saturated heterocycles. The van der Waals surface area contributed by atoms with E-state index in [4.69, 9.17) is 9.47 Å². The molecule has 8 atom stereocenters. The topological polar surface area (TPSA) is 110 Å². The van der Waals surface area contributed by atoms with Gasteiger partial charge in [0.05, 0.1) is 18.7 Å². The van der Waals surface area contributed by atoms with E-state index in [2.05, 4.69) is 21.5 Å². The number of nitro groups is 1. The highest BCUT2D eigenvalue weighted by Gasteiger charge is 2.64. The number of nitrogens with one attached hydrogen (secondary N) is 4. The summed E-state index contributed by atoms with van der Waals surface area (Å²) in [5, 5.41) is 17.7. The van der Waals surface area contributed by atoms with Gasteiger partial charge in [-0.05, 0) is 24.3 Å². The number of benzene rings is 1. The zero-order valence-electron chi connectivity index (χ0n) is 22.8. The van der Waals surface area contributed by atoms with Gasteiger partial charge < -0.3 is 9.47 Å². The SMILES string of the molecule is CC(C)C1CCCCC[C@](OCc2ccccc2)(C(F)(F)F)C2NNC(O2)C2NC(N1)C(C(F)(F)F)CC2[N+](=O)[O-]. The van der Waals surface area contributed by atoms with Gasteiger partial charge in [0.15, 0.2) is 6.23 Å². The molecular formula is C26H37F6N5O4. The average Bonchev–Trinajstić information content (AvgIpc) is 3.38. The Hall–Kier alpha value is -2.04. The number of hydrogen-bond acceptors (Lipinski definition) is 8. The largest absolute Gasteiger partial charge is 0.421 e. The van der Waals surface area contributed by atoms with Crippen LogP contribution in [0.3, 0.4) is 0 Å². The van der Waals surface area contributed by atoms with Crippen molar-refractivity contribution in [2.75, 3.05) is 0 Å². The Kier molecular flexibility index (Phi) is 9.86. The monoisotopic (exact) mass is 597 g/mol. The summed E-state index contributed by atoms with van der Waals surface area (Å²) in [5.74, 6) is -2.18. The molecule has 0 radical (unpaired) electrons. The lowest BCUT2D eigenvalue weighted by molar-refractivity contribution is -0.537. The lowest BCUT2D eigenvalue weighted by atomic mass is 9.85. The zero-order chi connectivity index (χ0) is 30.0. The van der Waals surface area contributed by atoms with Crippen LogP contribution in [0.25, 0.3) is 0 Å². The molecule has 0 saturated carbocycles. The van der Waals surface area contributed by atoms with Crippen molar-refractivity contribution in [1.82, 2.24) is 21.5 Å². The third-order valence-electron chi connectivity index (χ3n) is 8.35. The number of rotatable bonds is 5. The molecule has 3 aliphatic heterocycles. The number of piperidine rings is 1. The van der Waals surface area contributed by atoms with Gasteiger partial charge in [-0.25, -0.2) is 10.9 Å². The van der Waals surface area contributed by atoms with Crippen LogP contribution in [0.2, 0.25) is 0 Å². The highest BCUT2D eigenvalue weighted by atomic mass is 19.4. The molecule has 4 rings (SSSR count). The Morgan fingerprint density at radius 2 is 1.78 bits per heavy atom.